The van der Waals surface area contributed by atoms with E-state index in [0.717, 1.165) is 31.4 Å². The third-order valence-corrected chi connectivity index (χ3v) is 2.94. The zero-order valence-corrected chi connectivity index (χ0v) is 15.3. The molecule has 0 aromatic carbocycles. The number of aryl methyl sites for hydroxylation is 1. The summed E-state index contributed by atoms with van der Waals surface area (Å²) in [7, 11) is 3.74. The molecule has 20 heavy (non-hydrogen) atoms. The van der Waals surface area contributed by atoms with Gasteiger partial charge in [-0.1, -0.05) is 13.8 Å². The minimum absolute atomic E-state index is 0. The summed E-state index contributed by atoms with van der Waals surface area (Å²) in [6.07, 6.45) is 7.34. The van der Waals surface area contributed by atoms with Gasteiger partial charge in [0.05, 0.1) is 6.20 Å². The fraction of sp³-hybridized carbons (Fsp3) is 0.714. The lowest BCUT2D eigenvalue weighted by Gasteiger charge is -2.12. The molecule has 1 aromatic heterocycles. The van der Waals surface area contributed by atoms with E-state index in [1.807, 2.05) is 31.2 Å². The lowest BCUT2D eigenvalue weighted by Crippen LogP contribution is -2.38. The highest BCUT2D eigenvalue weighted by molar-refractivity contribution is 14.0. The monoisotopic (exact) mass is 393 g/mol. The van der Waals surface area contributed by atoms with E-state index in [-0.39, 0.29) is 24.0 Å². The summed E-state index contributed by atoms with van der Waals surface area (Å²) in [4.78, 5) is 4.21. The minimum atomic E-state index is 0. The van der Waals surface area contributed by atoms with E-state index in [2.05, 4.69) is 34.6 Å². The number of guanidine groups is 1. The molecule has 6 heteroatoms. The van der Waals surface area contributed by atoms with E-state index in [1.165, 1.54) is 18.4 Å². The van der Waals surface area contributed by atoms with Crippen LogP contribution in [0.15, 0.2) is 17.4 Å². The maximum absolute atomic E-state index is 4.21. The number of hydrogen-bond acceptors (Lipinski definition) is 2. The molecule has 0 saturated heterocycles. The van der Waals surface area contributed by atoms with Crippen LogP contribution >= 0.6 is 24.0 Å². The first-order valence-electron chi connectivity index (χ1n) is 7.04. The van der Waals surface area contributed by atoms with Gasteiger partial charge < -0.3 is 10.6 Å². The van der Waals surface area contributed by atoms with Crippen molar-refractivity contribution in [3.8, 4) is 0 Å². The molecule has 2 N–H and O–H groups in total. The van der Waals surface area contributed by atoms with Crippen LogP contribution in [0.1, 0.15) is 32.3 Å². The molecule has 0 spiro atoms. The number of nitrogens with one attached hydrogen (secondary N) is 2. The van der Waals surface area contributed by atoms with Gasteiger partial charge in [-0.2, -0.15) is 5.10 Å². The van der Waals surface area contributed by atoms with E-state index in [1.54, 1.807) is 0 Å². The summed E-state index contributed by atoms with van der Waals surface area (Å²) in [6.45, 7) is 6.35. The molecule has 1 heterocycles. The molecule has 0 aliphatic heterocycles. The Balaban J connectivity index is 0.00000361. The number of aromatic nitrogens is 2. The third-order valence-electron chi connectivity index (χ3n) is 2.94. The molecule has 0 bridgehead atoms. The molecule has 116 valence electrons. The Bertz CT molecular complexity index is 387. The second kappa shape index (κ2) is 10.9. The summed E-state index contributed by atoms with van der Waals surface area (Å²) >= 11 is 0. The molecule has 1 aromatic rings. The predicted octanol–water partition coefficient (Wildman–Crippen LogP) is 2.18. The normalized spacial score (nSPS) is 11.3. The van der Waals surface area contributed by atoms with Crippen LogP contribution in [0.4, 0.5) is 0 Å². The van der Waals surface area contributed by atoms with Gasteiger partial charge in [0.1, 0.15) is 0 Å². The van der Waals surface area contributed by atoms with Crippen LogP contribution in [0.5, 0.6) is 0 Å². The molecule has 0 aliphatic carbocycles. The summed E-state index contributed by atoms with van der Waals surface area (Å²) in [5.41, 5.74) is 1.24. The van der Waals surface area contributed by atoms with E-state index in [0.29, 0.717) is 0 Å². The summed E-state index contributed by atoms with van der Waals surface area (Å²) in [6, 6.07) is 0. The van der Waals surface area contributed by atoms with E-state index in [4.69, 9.17) is 0 Å². The highest BCUT2D eigenvalue weighted by Gasteiger charge is 1.99. The Hall–Kier alpha value is -0.790. The summed E-state index contributed by atoms with van der Waals surface area (Å²) in [5, 5.41) is 10.8. The number of aliphatic imine (C=N–C) groups is 1. The first-order valence-corrected chi connectivity index (χ1v) is 7.04. The second-order valence-corrected chi connectivity index (χ2v) is 5.23. The van der Waals surface area contributed by atoms with Crippen LogP contribution in [0, 0.1) is 5.92 Å². The van der Waals surface area contributed by atoms with Crippen LogP contribution in [0.2, 0.25) is 0 Å². The van der Waals surface area contributed by atoms with Gasteiger partial charge in [0.15, 0.2) is 5.96 Å². The molecule has 0 saturated carbocycles. The van der Waals surface area contributed by atoms with Gasteiger partial charge in [-0.15, -0.1) is 24.0 Å². The Morgan fingerprint density at radius 1 is 1.35 bits per heavy atom. The van der Waals surface area contributed by atoms with Crippen molar-refractivity contribution in [2.75, 3.05) is 20.1 Å². The van der Waals surface area contributed by atoms with Crippen LogP contribution in [0.25, 0.3) is 0 Å². The average molecular weight is 393 g/mol. The zero-order chi connectivity index (χ0) is 14.1. The van der Waals surface area contributed by atoms with Crippen LogP contribution in [-0.4, -0.2) is 35.9 Å². The highest BCUT2D eigenvalue weighted by Crippen LogP contribution is 2.01. The topological polar surface area (TPSA) is 54.2 Å². The average Bonchev–Trinajstić information content (AvgIpc) is 2.78. The van der Waals surface area contributed by atoms with Gasteiger partial charge in [-0.05, 0) is 30.7 Å². The zero-order valence-electron chi connectivity index (χ0n) is 13.0. The van der Waals surface area contributed by atoms with Crippen LogP contribution in [-0.2, 0) is 13.5 Å². The smallest absolute Gasteiger partial charge is 0.190 e. The quantitative estimate of drug-likeness (QED) is 0.323. The minimum Gasteiger partial charge on any atom is -0.356 e. The van der Waals surface area contributed by atoms with Gasteiger partial charge in [0.25, 0.3) is 0 Å². The molecule has 1 rings (SSSR count). The molecule has 0 radical (unpaired) electrons. The van der Waals surface area contributed by atoms with Crippen molar-refractivity contribution >= 4 is 29.9 Å². The molecule has 0 amide bonds. The molecule has 0 aliphatic rings. The molecular formula is C14H28IN5. The van der Waals surface area contributed by atoms with Crippen molar-refractivity contribution in [1.29, 1.82) is 0 Å². The van der Waals surface area contributed by atoms with Gasteiger partial charge in [-0.3, -0.25) is 9.67 Å². The fourth-order valence-electron chi connectivity index (χ4n) is 1.86. The Labute approximate surface area is 139 Å². The van der Waals surface area contributed by atoms with Crippen molar-refractivity contribution in [3.63, 3.8) is 0 Å². The summed E-state index contributed by atoms with van der Waals surface area (Å²) < 4.78 is 1.83. The number of hydrogen-bond donors (Lipinski definition) is 2. The Morgan fingerprint density at radius 3 is 2.60 bits per heavy atom. The third kappa shape index (κ3) is 8.39. The highest BCUT2D eigenvalue weighted by atomic mass is 127. The lowest BCUT2D eigenvalue weighted by atomic mass is 10.1. The first kappa shape index (κ1) is 19.2. The van der Waals surface area contributed by atoms with E-state index < -0.39 is 0 Å². The predicted molar refractivity (Wildman–Crippen MR) is 95.8 cm³/mol. The van der Waals surface area contributed by atoms with Gasteiger partial charge in [-0.25, -0.2) is 0 Å². The van der Waals surface area contributed by atoms with Crippen molar-refractivity contribution in [2.24, 2.45) is 18.0 Å². The molecule has 0 fully saturated rings. The Morgan fingerprint density at radius 2 is 2.05 bits per heavy atom. The number of halogens is 1. The molecule has 5 nitrogen and oxygen atoms in total. The SMILES string of the molecule is CN=C(NCCCC(C)C)NCCc1cnn(C)c1.I. The molecule has 0 unspecified atom stereocenters. The van der Waals surface area contributed by atoms with Crippen LogP contribution in [0.3, 0.4) is 0 Å². The fourth-order valence-corrected chi connectivity index (χ4v) is 1.86. The Kier molecular flexibility index (Phi) is 10.5. The number of nitrogens with zero attached hydrogens (tertiary/aromatic N) is 3. The summed E-state index contributed by atoms with van der Waals surface area (Å²) in [5.74, 6) is 1.65. The maximum Gasteiger partial charge on any atom is 0.190 e. The van der Waals surface area contributed by atoms with E-state index in [9.17, 15) is 0 Å². The van der Waals surface area contributed by atoms with Crippen molar-refractivity contribution in [1.82, 2.24) is 20.4 Å². The van der Waals surface area contributed by atoms with Gasteiger partial charge in [0, 0.05) is 33.4 Å². The maximum atomic E-state index is 4.21. The van der Waals surface area contributed by atoms with E-state index >= 15 is 0 Å². The molecular weight excluding hydrogens is 365 g/mol. The van der Waals surface area contributed by atoms with Crippen molar-refractivity contribution < 1.29 is 0 Å². The first-order chi connectivity index (χ1) is 9.11. The van der Waals surface area contributed by atoms with Crippen LogP contribution < -0.4 is 10.6 Å². The van der Waals surface area contributed by atoms with Gasteiger partial charge >= 0.3 is 0 Å². The largest absolute Gasteiger partial charge is 0.356 e. The van der Waals surface area contributed by atoms with Crippen molar-refractivity contribution in [3.05, 3.63) is 18.0 Å². The number of rotatable bonds is 7. The van der Waals surface area contributed by atoms with Crippen molar-refractivity contribution in [2.45, 2.75) is 33.1 Å². The second-order valence-electron chi connectivity index (χ2n) is 5.23. The standard InChI is InChI=1S/C14H27N5.HI/c1-12(2)6-5-8-16-14(15-3)17-9-7-13-10-18-19(4)11-13;/h10-12H,5-9H2,1-4H3,(H2,15,16,17);1H. The van der Waals surface area contributed by atoms with Gasteiger partial charge in [0.2, 0.25) is 0 Å². The lowest BCUT2D eigenvalue weighted by molar-refractivity contribution is 0.549. The molecule has 0 atom stereocenters.